The van der Waals surface area contributed by atoms with Gasteiger partial charge in [-0.25, -0.2) is 4.98 Å². The summed E-state index contributed by atoms with van der Waals surface area (Å²) in [5.41, 5.74) is 0.886. The van der Waals surface area contributed by atoms with Crippen LogP contribution in [0.2, 0.25) is 0 Å². The predicted octanol–water partition coefficient (Wildman–Crippen LogP) is 4.90. The SMILES string of the molecule is CC(Sc1nc2scc(-c3cccs3)c2c(=O)n1C)C(=O)NC1CCCCC1C. The molecule has 0 saturated heterocycles. The van der Waals surface area contributed by atoms with E-state index < -0.39 is 0 Å². The van der Waals surface area contributed by atoms with Crippen molar-refractivity contribution in [3.8, 4) is 10.4 Å². The Hall–Kier alpha value is -1.64. The lowest BCUT2D eigenvalue weighted by Gasteiger charge is -2.30. The van der Waals surface area contributed by atoms with Crippen molar-refractivity contribution in [1.29, 1.82) is 0 Å². The van der Waals surface area contributed by atoms with E-state index in [1.165, 1.54) is 42.4 Å². The van der Waals surface area contributed by atoms with Gasteiger partial charge in [0.15, 0.2) is 5.16 Å². The summed E-state index contributed by atoms with van der Waals surface area (Å²) in [4.78, 5) is 32.3. The predicted molar refractivity (Wildman–Crippen MR) is 123 cm³/mol. The quantitative estimate of drug-likeness (QED) is 0.446. The van der Waals surface area contributed by atoms with Crippen LogP contribution in [0.15, 0.2) is 32.8 Å². The first-order chi connectivity index (χ1) is 14.0. The number of thiophene rings is 2. The van der Waals surface area contributed by atoms with Crippen molar-refractivity contribution in [1.82, 2.24) is 14.9 Å². The maximum absolute atomic E-state index is 13.1. The first-order valence-corrected chi connectivity index (χ1v) is 12.6. The van der Waals surface area contributed by atoms with Gasteiger partial charge in [-0.05, 0) is 37.1 Å². The van der Waals surface area contributed by atoms with Gasteiger partial charge in [0.25, 0.3) is 5.56 Å². The van der Waals surface area contributed by atoms with Crippen LogP contribution < -0.4 is 10.9 Å². The highest BCUT2D eigenvalue weighted by atomic mass is 32.2. The Morgan fingerprint density at radius 3 is 2.86 bits per heavy atom. The van der Waals surface area contributed by atoms with E-state index in [0.717, 1.165) is 21.7 Å². The highest BCUT2D eigenvalue weighted by Gasteiger charge is 2.26. The van der Waals surface area contributed by atoms with E-state index >= 15 is 0 Å². The maximum Gasteiger partial charge on any atom is 0.263 e. The largest absolute Gasteiger partial charge is 0.352 e. The molecule has 0 radical (unpaired) electrons. The number of thioether (sulfide) groups is 1. The summed E-state index contributed by atoms with van der Waals surface area (Å²) in [6, 6.07) is 4.26. The number of hydrogen-bond donors (Lipinski definition) is 1. The van der Waals surface area contributed by atoms with Crippen molar-refractivity contribution < 1.29 is 4.79 Å². The number of fused-ring (bicyclic) bond motifs is 1. The lowest BCUT2D eigenvalue weighted by molar-refractivity contribution is -0.121. The average molecular weight is 448 g/mol. The van der Waals surface area contributed by atoms with Crippen molar-refractivity contribution in [2.45, 2.75) is 56.0 Å². The highest BCUT2D eigenvalue weighted by molar-refractivity contribution is 8.00. The molecule has 3 heterocycles. The smallest absolute Gasteiger partial charge is 0.263 e. The van der Waals surface area contributed by atoms with Gasteiger partial charge < -0.3 is 5.32 Å². The number of amides is 1. The summed E-state index contributed by atoms with van der Waals surface area (Å²) in [6.07, 6.45) is 4.64. The monoisotopic (exact) mass is 447 g/mol. The van der Waals surface area contributed by atoms with Crippen LogP contribution in [-0.2, 0) is 11.8 Å². The molecule has 1 N–H and O–H groups in total. The fraction of sp³-hybridized carbons (Fsp3) is 0.476. The van der Waals surface area contributed by atoms with E-state index in [2.05, 4.69) is 12.2 Å². The second-order valence-electron chi connectivity index (χ2n) is 7.70. The van der Waals surface area contributed by atoms with Gasteiger partial charge in [0, 0.05) is 28.9 Å². The van der Waals surface area contributed by atoms with Crippen LogP contribution in [0.25, 0.3) is 20.7 Å². The Morgan fingerprint density at radius 2 is 2.14 bits per heavy atom. The number of nitrogens with zero attached hydrogens (tertiary/aromatic N) is 2. The van der Waals surface area contributed by atoms with Crippen molar-refractivity contribution >= 4 is 50.6 Å². The van der Waals surface area contributed by atoms with Gasteiger partial charge in [0.2, 0.25) is 5.91 Å². The molecule has 8 heteroatoms. The van der Waals surface area contributed by atoms with E-state index in [1.54, 1.807) is 23.0 Å². The molecule has 3 aromatic rings. The van der Waals surface area contributed by atoms with Gasteiger partial charge in [-0.1, -0.05) is 37.6 Å². The topological polar surface area (TPSA) is 64.0 Å². The van der Waals surface area contributed by atoms with Crippen LogP contribution in [-0.4, -0.2) is 26.8 Å². The lowest BCUT2D eigenvalue weighted by Crippen LogP contribution is -2.44. The molecule has 0 aromatic carbocycles. The summed E-state index contributed by atoms with van der Waals surface area (Å²) in [5.74, 6) is 0.541. The molecule has 1 fully saturated rings. The molecule has 154 valence electrons. The minimum Gasteiger partial charge on any atom is -0.352 e. The van der Waals surface area contributed by atoms with Crippen molar-refractivity contribution in [2.75, 3.05) is 0 Å². The van der Waals surface area contributed by atoms with E-state index in [1.807, 2.05) is 29.8 Å². The Bertz CT molecular complexity index is 1070. The fourth-order valence-corrected chi connectivity index (χ4v) is 6.50. The minimum atomic E-state index is -0.309. The van der Waals surface area contributed by atoms with Gasteiger partial charge >= 0.3 is 0 Å². The molecule has 0 aliphatic heterocycles. The third-order valence-corrected chi connectivity index (χ3v) is 8.57. The summed E-state index contributed by atoms with van der Waals surface area (Å²) < 4.78 is 1.57. The van der Waals surface area contributed by atoms with Crippen LogP contribution in [0.3, 0.4) is 0 Å². The van der Waals surface area contributed by atoms with Crippen LogP contribution in [0, 0.1) is 5.92 Å². The third-order valence-electron chi connectivity index (χ3n) is 5.65. The lowest BCUT2D eigenvalue weighted by atomic mass is 9.86. The highest BCUT2D eigenvalue weighted by Crippen LogP contribution is 2.35. The molecule has 3 atom stereocenters. The Balaban J connectivity index is 1.56. The molecule has 0 spiro atoms. The summed E-state index contributed by atoms with van der Waals surface area (Å²) in [7, 11) is 1.74. The molecule has 29 heavy (non-hydrogen) atoms. The standard InChI is InChI=1S/C21H25N3O2S3/c1-12-7-4-5-8-15(12)22-18(25)13(2)29-21-23-19-17(20(26)24(21)3)14(11-28-19)16-9-6-10-27-16/h6,9-13,15H,4-5,7-8H2,1-3H3,(H,22,25). The zero-order valence-electron chi connectivity index (χ0n) is 16.8. The van der Waals surface area contributed by atoms with Gasteiger partial charge in [0.1, 0.15) is 4.83 Å². The van der Waals surface area contributed by atoms with Gasteiger partial charge in [-0.15, -0.1) is 22.7 Å². The van der Waals surface area contributed by atoms with Crippen LogP contribution in [0.1, 0.15) is 39.5 Å². The van der Waals surface area contributed by atoms with Crippen LogP contribution >= 0.6 is 34.4 Å². The van der Waals surface area contributed by atoms with Crippen LogP contribution in [0.4, 0.5) is 0 Å². The zero-order chi connectivity index (χ0) is 20.5. The first-order valence-electron chi connectivity index (χ1n) is 9.95. The second kappa shape index (κ2) is 8.62. The normalized spacial score (nSPS) is 20.7. The molecule has 1 aliphatic carbocycles. The zero-order valence-corrected chi connectivity index (χ0v) is 19.3. The number of carbonyl (C=O) groups excluding carboxylic acids is 1. The average Bonchev–Trinajstić information content (AvgIpc) is 3.37. The number of carbonyl (C=O) groups is 1. The van der Waals surface area contributed by atoms with Gasteiger partial charge in [-0.2, -0.15) is 0 Å². The molecule has 1 saturated carbocycles. The maximum atomic E-state index is 13.1. The number of nitrogens with one attached hydrogen (secondary N) is 1. The van der Waals surface area contributed by atoms with Crippen molar-refractivity contribution in [2.24, 2.45) is 13.0 Å². The molecular formula is C21H25N3O2S3. The number of aromatic nitrogens is 2. The van der Waals surface area contributed by atoms with E-state index in [9.17, 15) is 9.59 Å². The number of rotatable bonds is 5. The molecule has 0 bridgehead atoms. The van der Waals surface area contributed by atoms with Crippen molar-refractivity contribution in [3.63, 3.8) is 0 Å². The Labute approximate surface area is 182 Å². The molecule has 3 unspecified atom stereocenters. The van der Waals surface area contributed by atoms with Gasteiger partial charge in [-0.3, -0.25) is 14.2 Å². The van der Waals surface area contributed by atoms with Crippen molar-refractivity contribution in [3.05, 3.63) is 33.2 Å². The molecule has 3 aromatic heterocycles. The summed E-state index contributed by atoms with van der Waals surface area (Å²) in [6.45, 7) is 4.10. The molecule has 4 rings (SSSR count). The molecule has 1 amide bonds. The first kappa shape index (κ1) is 20.6. The van der Waals surface area contributed by atoms with E-state index in [-0.39, 0.29) is 22.8 Å². The molecular weight excluding hydrogens is 422 g/mol. The van der Waals surface area contributed by atoms with Gasteiger partial charge in [0.05, 0.1) is 10.6 Å². The van der Waals surface area contributed by atoms with Crippen LogP contribution in [0.5, 0.6) is 0 Å². The summed E-state index contributed by atoms with van der Waals surface area (Å²) in [5, 5.41) is 8.16. The molecule has 5 nitrogen and oxygen atoms in total. The minimum absolute atomic E-state index is 0.0218. The number of hydrogen-bond acceptors (Lipinski definition) is 6. The fourth-order valence-electron chi connectivity index (χ4n) is 3.81. The Morgan fingerprint density at radius 1 is 1.34 bits per heavy atom. The summed E-state index contributed by atoms with van der Waals surface area (Å²) >= 11 is 4.45. The van der Waals surface area contributed by atoms with E-state index in [4.69, 9.17) is 4.98 Å². The Kier molecular flexibility index (Phi) is 6.13. The molecule has 1 aliphatic rings. The second-order valence-corrected chi connectivity index (χ2v) is 10.8. The third kappa shape index (κ3) is 4.15. The van der Waals surface area contributed by atoms with E-state index in [0.29, 0.717) is 16.5 Å².